The first-order valence-corrected chi connectivity index (χ1v) is 4.91. The number of fused-ring (bicyclic) bond motifs is 1. The van der Waals surface area contributed by atoms with Crippen LogP contribution >= 0.6 is 23.2 Å². The molecule has 2 aromatic rings. The third-order valence-electron chi connectivity index (χ3n) is 2.03. The van der Waals surface area contributed by atoms with Gasteiger partial charge < -0.3 is 10.1 Å². The monoisotopic (exact) mass is 258 g/mol. The zero-order valence-corrected chi connectivity index (χ0v) is 9.17. The van der Waals surface area contributed by atoms with Gasteiger partial charge in [-0.1, -0.05) is 23.2 Å². The summed E-state index contributed by atoms with van der Waals surface area (Å²) in [6.07, 6.45) is 0. The Bertz CT molecular complexity index is 651. The number of aromatic amines is 1. The van der Waals surface area contributed by atoms with E-state index in [-0.39, 0.29) is 15.9 Å². The van der Waals surface area contributed by atoms with Crippen LogP contribution in [0.4, 0.5) is 5.82 Å². The maximum Gasteiger partial charge on any atom is 0.325 e. The van der Waals surface area contributed by atoms with Crippen LogP contribution in [0.25, 0.3) is 10.9 Å². The minimum absolute atomic E-state index is 0.165. The Labute approximate surface area is 98.8 Å². The van der Waals surface area contributed by atoms with Crippen molar-refractivity contribution in [2.24, 2.45) is 0 Å². The van der Waals surface area contributed by atoms with Gasteiger partial charge in [0.2, 0.25) is 0 Å². The molecule has 0 radical (unpaired) electrons. The Kier molecular flexibility index (Phi) is 2.57. The zero-order valence-electron chi connectivity index (χ0n) is 7.66. The van der Waals surface area contributed by atoms with E-state index in [0.717, 1.165) is 6.07 Å². The van der Waals surface area contributed by atoms with Gasteiger partial charge in [0.1, 0.15) is 5.52 Å². The molecule has 0 saturated heterocycles. The number of aromatic nitrogens is 1. The summed E-state index contributed by atoms with van der Waals surface area (Å²) in [5, 5.41) is 11.2. The highest BCUT2D eigenvalue weighted by Gasteiger charge is 2.13. The van der Waals surface area contributed by atoms with Crippen LogP contribution in [-0.4, -0.2) is 9.91 Å². The highest BCUT2D eigenvalue weighted by Crippen LogP contribution is 2.25. The summed E-state index contributed by atoms with van der Waals surface area (Å²) in [7, 11) is 0. The minimum atomic E-state index is -0.685. The van der Waals surface area contributed by atoms with Crippen molar-refractivity contribution in [3.05, 3.63) is 48.6 Å². The Hall–Kier alpha value is -1.59. The molecule has 0 atom stereocenters. The second kappa shape index (κ2) is 3.77. The van der Waals surface area contributed by atoms with Crippen LogP contribution in [0, 0.1) is 10.1 Å². The molecule has 0 saturated carbocycles. The molecule has 0 aliphatic carbocycles. The molecule has 0 bridgehead atoms. The third-order valence-corrected chi connectivity index (χ3v) is 2.54. The molecular weight excluding hydrogens is 255 g/mol. The van der Waals surface area contributed by atoms with Gasteiger partial charge >= 0.3 is 5.82 Å². The molecule has 82 valence electrons. The van der Waals surface area contributed by atoms with E-state index in [0.29, 0.717) is 5.02 Å². The summed E-state index contributed by atoms with van der Waals surface area (Å²) >= 11 is 11.6. The number of hydrogen-bond acceptors (Lipinski definition) is 3. The van der Waals surface area contributed by atoms with E-state index in [2.05, 4.69) is 4.98 Å². The molecule has 0 spiro atoms. The smallest absolute Gasteiger partial charge is 0.325 e. The number of nitrogens with zero attached hydrogens (tertiary/aromatic N) is 1. The fourth-order valence-electron chi connectivity index (χ4n) is 1.39. The molecule has 0 fully saturated rings. The van der Waals surface area contributed by atoms with E-state index in [4.69, 9.17) is 23.2 Å². The van der Waals surface area contributed by atoms with E-state index in [1.807, 2.05) is 0 Å². The quantitative estimate of drug-likeness (QED) is 0.631. The molecule has 0 unspecified atom stereocenters. The van der Waals surface area contributed by atoms with E-state index >= 15 is 0 Å². The van der Waals surface area contributed by atoms with Gasteiger partial charge in [0.15, 0.2) is 5.43 Å². The van der Waals surface area contributed by atoms with Crippen LogP contribution in [0.1, 0.15) is 0 Å². The summed E-state index contributed by atoms with van der Waals surface area (Å²) in [6.45, 7) is 0. The first-order chi connectivity index (χ1) is 7.49. The molecule has 1 N–H and O–H groups in total. The number of hydrogen-bond donors (Lipinski definition) is 1. The van der Waals surface area contributed by atoms with E-state index in [1.165, 1.54) is 12.1 Å². The number of nitro groups is 1. The first kappa shape index (κ1) is 10.9. The third kappa shape index (κ3) is 1.75. The van der Waals surface area contributed by atoms with Gasteiger partial charge in [-0.3, -0.25) is 4.79 Å². The number of pyridine rings is 1. The molecule has 1 aromatic carbocycles. The molecule has 0 amide bonds. The van der Waals surface area contributed by atoms with E-state index in [9.17, 15) is 14.9 Å². The fourth-order valence-corrected chi connectivity index (χ4v) is 1.98. The lowest BCUT2D eigenvalue weighted by Gasteiger charge is -2.00. The number of halogens is 2. The van der Waals surface area contributed by atoms with Gasteiger partial charge in [-0.2, -0.15) is 0 Å². The van der Waals surface area contributed by atoms with Crippen LogP contribution in [0.15, 0.2) is 23.0 Å². The van der Waals surface area contributed by atoms with Crippen molar-refractivity contribution in [3.8, 4) is 0 Å². The topological polar surface area (TPSA) is 76.0 Å². The molecule has 7 heteroatoms. The standard InChI is InChI=1S/C9H4Cl2N2O3/c10-4-1-5(11)9-6(2-4)12-8(13(15)16)3-7(9)14/h1-3H,(H,12,14). The largest absolute Gasteiger partial charge is 0.358 e. The van der Waals surface area contributed by atoms with Crippen molar-refractivity contribution in [3.63, 3.8) is 0 Å². The van der Waals surface area contributed by atoms with Gasteiger partial charge in [0, 0.05) is 11.1 Å². The first-order valence-electron chi connectivity index (χ1n) is 4.15. The number of rotatable bonds is 1. The van der Waals surface area contributed by atoms with Crippen LogP contribution in [-0.2, 0) is 0 Å². The van der Waals surface area contributed by atoms with E-state index in [1.54, 1.807) is 0 Å². The minimum Gasteiger partial charge on any atom is -0.358 e. The Morgan fingerprint density at radius 3 is 2.56 bits per heavy atom. The summed E-state index contributed by atoms with van der Waals surface area (Å²) in [5.41, 5.74) is -0.265. The van der Waals surface area contributed by atoms with Crippen LogP contribution in [0.3, 0.4) is 0 Å². The lowest BCUT2D eigenvalue weighted by atomic mass is 10.2. The van der Waals surface area contributed by atoms with Gasteiger partial charge in [-0.25, -0.2) is 4.98 Å². The molecule has 1 heterocycles. The normalized spacial score (nSPS) is 10.6. The van der Waals surface area contributed by atoms with Crippen molar-refractivity contribution in [2.75, 3.05) is 0 Å². The predicted molar refractivity (Wildman–Crippen MR) is 61.2 cm³/mol. The van der Waals surface area contributed by atoms with Gasteiger partial charge in [-0.05, 0) is 11.0 Å². The van der Waals surface area contributed by atoms with Crippen molar-refractivity contribution in [2.45, 2.75) is 0 Å². The average Bonchev–Trinajstić information content (AvgIpc) is 2.15. The number of nitrogens with one attached hydrogen (secondary N) is 1. The second-order valence-corrected chi connectivity index (χ2v) is 3.93. The Balaban J connectivity index is 2.93. The van der Waals surface area contributed by atoms with Gasteiger partial charge in [0.05, 0.1) is 16.5 Å². The summed E-state index contributed by atoms with van der Waals surface area (Å²) in [5.74, 6) is -0.393. The maximum atomic E-state index is 11.6. The molecular formula is C9H4Cl2N2O3. The molecule has 2 rings (SSSR count). The summed E-state index contributed by atoms with van der Waals surface area (Å²) < 4.78 is 0. The number of benzene rings is 1. The molecule has 5 nitrogen and oxygen atoms in total. The van der Waals surface area contributed by atoms with Gasteiger partial charge in [0.25, 0.3) is 0 Å². The molecule has 1 aromatic heterocycles. The van der Waals surface area contributed by atoms with Crippen molar-refractivity contribution in [1.29, 1.82) is 0 Å². The molecule has 16 heavy (non-hydrogen) atoms. The highest BCUT2D eigenvalue weighted by molar-refractivity contribution is 6.38. The summed E-state index contributed by atoms with van der Waals surface area (Å²) in [6, 6.07) is 3.71. The maximum absolute atomic E-state index is 11.6. The SMILES string of the molecule is O=c1cc([N+](=O)[O-])[nH]c2cc(Cl)cc(Cl)c12. The predicted octanol–water partition coefficient (Wildman–Crippen LogP) is 2.74. The van der Waals surface area contributed by atoms with Crippen LogP contribution < -0.4 is 5.43 Å². The average molecular weight is 259 g/mol. The van der Waals surface area contributed by atoms with Crippen molar-refractivity contribution in [1.82, 2.24) is 4.98 Å². The Morgan fingerprint density at radius 2 is 1.94 bits per heavy atom. The van der Waals surface area contributed by atoms with E-state index < -0.39 is 16.2 Å². The molecule has 0 aliphatic rings. The second-order valence-electron chi connectivity index (χ2n) is 3.09. The highest BCUT2D eigenvalue weighted by atomic mass is 35.5. The van der Waals surface area contributed by atoms with Crippen LogP contribution in [0.2, 0.25) is 10.0 Å². The lowest BCUT2D eigenvalue weighted by Crippen LogP contribution is -2.05. The number of H-pyrrole nitrogens is 1. The fraction of sp³-hybridized carbons (Fsp3) is 0. The Morgan fingerprint density at radius 1 is 1.25 bits per heavy atom. The summed E-state index contributed by atoms with van der Waals surface area (Å²) in [4.78, 5) is 23.9. The zero-order chi connectivity index (χ0) is 11.9. The van der Waals surface area contributed by atoms with Crippen molar-refractivity contribution < 1.29 is 4.92 Å². The van der Waals surface area contributed by atoms with Crippen LogP contribution in [0.5, 0.6) is 0 Å². The molecule has 0 aliphatic heterocycles. The lowest BCUT2D eigenvalue weighted by molar-refractivity contribution is -0.389. The van der Waals surface area contributed by atoms with Crippen molar-refractivity contribution >= 4 is 39.9 Å². The van der Waals surface area contributed by atoms with Gasteiger partial charge in [-0.15, -0.1) is 0 Å².